The number of nitrogens with zero attached hydrogens (tertiary/aromatic N) is 4. The van der Waals surface area contributed by atoms with Crippen LogP contribution < -0.4 is 0 Å². The van der Waals surface area contributed by atoms with Crippen molar-refractivity contribution in [2.75, 3.05) is 20.1 Å². The Labute approximate surface area is 165 Å². The molecule has 0 amide bonds. The van der Waals surface area contributed by atoms with Gasteiger partial charge in [0.25, 0.3) is 0 Å². The fraction of sp³-hybridized carbons (Fsp3) is 0.368. The highest BCUT2D eigenvalue weighted by Gasteiger charge is 2.24. The minimum Gasteiger partial charge on any atom is -0.339 e. The van der Waals surface area contributed by atoms with Crippen molar-refractivity contribution < 1.29 is 18.1 Å². The molecular weight excluding hydrogens is 386 g/mol. The summed E-state index contributed by atoms with van der Waals surface area (Å²) in [5.74, 6) is 0.309. The van der Waals surface area contributed by atoms with Gasteiger partial charge in [-0.1, -0.05) is 5.16 Å². The molecule has 3 aromatic rings. The molecule has 0 saturated carbocycles. The number of hydrogen-bond donors (Lipinski definition) is 0. The molecular formula is C19H20F2N4O2S. The number of rotatable bonds is 3. The lowest BCUT2D eigenvalue weighted by molar-refractivity contribution is 0.111. The number of piperidine rings is 1. The molecule has 1 aliphatic rings. The van der Waals surface area contributed by atoms with Gasteiger partial charge < -0.3 is 9.42 Å². The molecule has 2 aromatic heterocycles. The highest BCUT2D eigenvalue weighted by molar-refractivity contribution is 7.14. The van der Waals surface area contributed by atoms with E-state index in [1.165, 1.54) is 6.42 Å². The molecule has 28 heavy (non-hydrogen) atoms. The van der Waals surface area contributed by atoms with Crippen molar-refractivity contribution in [1.29, 1.82) is 0 Å². The number of halogens is 2. The van der Waals surface area contributed by atoms with Crippen LogP contribution in [0.4, 0.5) is 8.78 Å². The summed E-state index contributed by atoms with van der Waals surface area (Å²) in [4.78, 5) is 22.0. The average molecular weight is 406 g/mol. The van der Waals surface area contributed by atoms with E-state index in [0.29, 0.717) is 24.1 Å². The van der Waals surface area contributed by atoms with Crippen molar-refractivity contribution in [3.8, 4) is 10.7 Å². The Morgan fingerprint density at radius 3 is 2.82 bits per heavy atom. The van der Waals surface area contributed by atoms with Crippen molar-refractivity contribution in [3.63, 3.8) is 0 Å². The van der Waals surface area contributed by atoms with Crippen LogP contribution >= 0.6 is 11.3 Å². The molecule has 4 rings (SSSR count). The van der Waals surface area contributed by atoms with Crippen LogP contribution in [0.1, 0.15) is 40.0 Å². The molecule has 148 valence electrons. The molecule has 0 bridgehead atoms. The first-order chi connectivity index (χ1) is 13.5. The van der Waals surface area contributed by atoms with Crippen LogP contribution in [0.5, 0.6) is 0 Å². The van der Waals surface area contributed by atoms with Gasteiger partial charge in [0, 0.05) is 18.8 Å². The van der Waals surface area contributed by atoms with Gasteiger partial charge in [0.05, 0.1) is 21.4 Å². The van der Waals surface area contributed by atoms with Crippen molar-refractivity contribution in [3.05, 3.63) is 52.5 Å². The maximum atomic E-state index is 12.4. The van der Waals surface area contributed by atoms with E-state index in [9.17, 15) is 13.6 Å². The van der Waals surface area contributed by atoms with E-state index in [2.05, 4.69) is 27.1 Å². The second-order valence-electron chi connectivity index (χ2n) is 6.58. The van der Waals surface area contributed by atoms with Crippen LogP contribution in [0.15, 0.2) is 28.9 Å². The molecule has 0 N–H and O–H groups in total. The number of likely N-dealkylation sites (tertiary alicyclic amines) is 1. The Hall–Kier alpha value is -2.52. The zero-order chi connectivity index (χ0) is 20.1. The molecule has 3 heterocycles. The molecule has 0 aliphatic carbocycles. The lowest BCUT2D eigenvalue weighted by Gasteiger charge is -2.27. The van der Waals surface area contributed by atoms with Gasteiger partial charge in [-0.3, -0.25) is 4.79 Å². The van der Waals surface area contributed by atoms with Crippen molar-refractivity contribution in [1.82, 2.24) is 20.0 Å². The van der Waals surface area contributed by atoms with E-state index in [-0.39, 0.29) is 5.56 Å². The zero-order valence-corrected chi connectivity index (χ0v) is 16.4. The van der Waals surface area contributed by atoms with E-state index in [1.807, 2.05) is 13.1 Å². The SMILES string of the molecule is Cc1ncc(-c2noc([C@H]3CCCN(C)C3)n2)s1.O=Cc1ccc(F)cc1F. The van der Waals surface area contributed by atoms with Crippen LogP contribution in [0, 0.1) is 18.6 Å². The maximum Gasteiger partial charge on any atom is 0.231 e. The van der Waals surface area contributed by atoms with E-state index < -0.39 is 11.6 Å². The van der Waals surface area contributed by atoms with E-state index in [0.717, 1.165) is 47.4 Å². The predicted octanol–water partition coefficient (Wildman–Crippen LogP) is 4.09. The summed E-state index contributed by atoms with van der Waals surface area (Å²) in [5.41, 5.74) is -0.124. The molecule has 1 aliphatic heterocycles. The fourth-order valence-corrected chi connectivity index (χ4v) is 3.63. The molecule has 0 unspecified atom stereocenters. The van der Waals surface area contributed by atoms with Gasteiger partial charge in [-0.25, -0.2) is 13.8 Å². The highest BCUT2D eigenvalue weighted by Crippen LogP contribution is 2.28. The molecule has 1 atom stereocenters. The van der Waals surface area contributed by atoms with Gasteiger partial charge in [-0.2, -0.15) is 4.98 Å². The molecule has 1 aromatic carbocycles. The summed E-state index contributed by atoms with van der Waals surface area (Å²) < 4.78 is 29.9. The van der Waals surface area contributed by atoms with Crippen molar-refractivity contribution in [2.45, 2.75) is 25.7 Å². The Morgan fingerprint density at radius 1 is 1.36 bits per heavy atom. The fourth-order valence-electron chi connectivity index (χ4n) is 2.93. The first-order valence-corrected chi connectivity index (χ1v) is 9.63. The van der Waals surface area contributed by atoms with Crippen LogP contribution in [0.25, 0.3) is 10.7 Å². The van der Waals surface area contributed by atoms with Gasteiger partial charge in [0.15, 0.2) is 6.29 Å². The number of thiazole rings is 1. The van der Waals surface area contributed by atoms with Crippen LogP contribution in [-0.2, 0) is 0 Å². The molecule has 6 nitrogen and oxygen atoms in total. The standard InChI is InChI=1S/C12H16N4OS.C7H4F2O/c1-8-13-6-10(18-8)11-14-12(17-15-11)9-4-3-5-16(2)7-9;8-6-2-1-5(4-10)7(9)3-6/h6,9H,3-5,7H2,1-2H3;1-4H/t9-;/m0./s1. The number of aldehydes is 1. The van der Waals surface area contributed by atoms with Crippen LogP contribution in [-0.4, -0.2) is 46.4 Å². The smallest absolute Gasteiger partial charge is 0.231 e. The third kappa shape index (κ3) is 5.05. The van der Waals surface area contributed by atoms with Gasteiger partial charge >= 0.3 is 0 Å². The van der Waals surface area contributed by atoms with Gasteiger partial charge in [0.1, 0.15) is 11.6 Å². The number of aryl methyl sites for hydroxylation is 1. The largest absolute Gasteiger partial charge is 0.339 e. The van der Waals surface area contributed by atoms with Crippen molar-refractivity contribution >= 4 is 17.6 Å². The second-order valence-corrected chi connectivity index (χ2v) is 7.82. The zero-order valence-electron chi connectivity index (χ0n) is 15.6. The summed E-state index contributed by atoms with van der Waals surface area (Å²) in [5, 5.41) is 5.09. The predicted molar refractivity (Wildman–Crippen MR) is 101 cm³/mol. The van der Waals surface area contributed by atoms with Crippen LogP contribution in [0.3, 0.4) is 0 Å². The van der Waals surface area contributed by atoms with Gasteiger partial charge in [0.2, 0.25) is 11.7 Å². The topological polar surface area (TPSA) is 72.1 Å². The maximum absolute atomic E-state index is 12.4. The number of likely N-dealkylation sites (N-methyl/N-ethyl adjacent to an activating group) is 1. The van der Waals surface area contributed by atoms with Crippen LogP contribution in [0.2, 0.25) is 0 Å². The van der Waals surface area contributed by atoms with E-state index in [4.69, 9.17) is 4.52 Å². The Kier molecular flexibility index (Phi) is 6.58. The quantitative estimate of drug-likeness (QED) is 0.610. The first kappa shape index (κ1) is 20.2. The Morgan fingerprint density at radius 2 is 2.18 bits per heavy atom. The summed E-state index contributed by atoms with van der Waals surface area (Å²) >= 11 is 1.59. The number of benzene rings is 1. The average Bonchev–Trinajstić information content (AvgIpc) is 3.31. The summed E-state index contributed by atoms with van der Waals surface area (Å²) in [6.07, 6.45) is 4.47. The normalized spacial score (nSPS) is 17.1. The van der Waals surface area contributed by atoms with E-state index >= 15 is 0 Å². The summed E-state index contributed by atoms with van der Waals surface area (Å²) in [6.45, 7) is 4.14. The third-order valence-corrected chi connectivity index (χ3v) is 5.26. The third-order valence-electron chi connectivity index (χ3n) is 4.35. The number of hydrogen-bond acceptors (Lipinski definition) is 7. The monoisotopic (exact) mass is 406 g/mol. The summed E-state index contributed by atoms with van der Waals surface area (Å²) in [6, 6.07) is 2.80. The first-order valence-electron chi connectivity index (χ1n) is 8.81. The lowest BCUT2D eigenvalue weighted by Crippen LogP contribution is -2.30. The minimum absolute atomic E-state index is 0.124. The minimum atomic E-state index is -0.824. The number of aromatic nitrogens is 3. The molecule has 0 spiro atoms. The summed E-state index contributed by atoms with van der Waals surface area (Å²) in [7, 11) is 2.13. The van der Waals surface area contributed by atoms with E-state index in [1.54, 1.807) is 11.3 Å². The lowest BCUT2D eigenvalue weighted by atomic mass is 9.98. The second kappa shape index (κ2) is 9.11. The molecule has 1 fully saturated rings. The number of carbonyl (C=O) groups excluding carboxylic acids is 1. The van der Waals surface area contributed by atoms with Gasteiger partial charge in [-0.05, 0) is 45.5 Å². The molecule has 0 radical (unpaired) electrons. The number of carbonyl (C=O) groups is 1. The molecule has 9 heteroatoms. The highest BCUT2D eigenvalue weighted by atomic mass is 32.1. The molecule has 1 saturated heterocycles. The van der Waals surface area contributed by atoms with Gasteiger partial charge in [-0.15, -0.1) is 11.3 Å². The van der Waals surface area contributed by atoms with Crippen molar-refractivity contribution in [2.24, 2.45) is 0 Å². The Bertz CT molecular complexity index is 944. The Balaban J connectivity index is 0.000000192.